The summed E-state index contributed by atoms with van der Waals surface area (Å²) in [6.45, 7) is 1.11. The quantitative estimate of drug-likeness (QED) is 0.679. The smallest absolute Gasteiger partial charge is 0.123 e. The van der Waals surface area contributed by atoms with Gasteiger partial charge in [-0.15, -0.1) is 0 Å². The van der Waals surface area contributed by atoms with Crippen LogP contribution in [-0.4, -0.2) is 35.5 Å². The molecule has 0 aromatic heterocycles. The molecule has 3 N–H and O–H groups in total. The number of aliphatic hydroxyl groups excluding tert-OH is 2. The Kier molecular flexibility index (Phi) is 3.53. The van der Waals surface area contributed by atoms with Gasteiger partial charge in [0.1, 0.15) is 5.82 Å². The second kappa shape index (κ2) is 4.91. The van der Waals surface area contributed by atoms with Crippen LogP contribution in [0.15, 0.2) is 24.3 Å². The lowest BCUT2D eigenvalue weighted by atomic mass is 9.88. The number of nitrogens with one attached hydrogen (secondary N) is 1. The lowest BCUT2D eigenvalue weighted by Gasteiger charge is -2.32. The lowest BCUT2D eigenvalue weighted by molar-refractivity contribution is -0.0345. The Bertz CT molecular complexity index is 341. The molecule has 4 heteroatoms. The van der Waals surface area contributed by atoms with Crippen molar-refractivity contribution in [3.05, 3.63) is 35.6 Å². The van der Waals surface area contributed by atoms with Crippen LogP contribution in [0, 0.1) is 11.7 Å². The zero-order valence-corrected chi connectivity index (χ0v) is 8.94. The summed E-state index contributed by atoms with van der Waals surface area (Å²) in [4.78, 5) is 0. The number of hydrogen-bond acceptors (Lipinski definition) is 3. The molecule has 2 rings (SSSR count). The van der Waals surface area contributed by atoms with Gasteiger partial charge in [0.15, 0.2) is 0 Å². The number of aliphatic hydroxyl groups is 2. The SMILES string of the molecule is OC1CNCC(Cc2ccc(F)cc2)C1O. The van der Waals surface area contributed by atoms with Crippen molar-refractivity contribution in [2.45, 2.75) is 18.6 Å². The van der Waals surface area contributed by atoms with Gasteiger partial charge in [-0.3, -0.25) is 0 Å². The highest BCUT2D eigenvalue weighted by molar-refractivity contribution is 5.17. The number of piperidine rings is 1. The molecule has 0 saturated carbocycles. The molecular formula is C12H16FNO2. The van der Waals surface area contributed by atoms with E-state index in [0.717, 1.165) is 5.56 Å². The lowest BCUT2D eigenvalue weighted by Crippen LogP contribution is -2.51. The Labute approximate surface area is 93.9 Å². The standard InChI is InChI=1S/C12H16FNO2/c13-10-3-1-8(2-4-10)5-9-6-14-7-11(15)12(9)16/h1-4,9,11-12,14-16H,5-7H2. The third-order valence-electron chi connectivity index (χ3n) is 3.05. The first-order valence-electron chi connectivity index (χ1n) is 5.48. The van der Waals surface area contributed by atoms with Gasteiger partial charge in [-0.1, -0.05) is 12.1 Å². The summed E-state index contributed by atoms with van der Waals surface area (Å²) in [6.07, 6.45) is -0.767. The Balaban J connectivity index is 2.00. The van der Waals surface area contributed by atoms with Crippen LogP contribution in [0.1, 0.15) is 5.56 Å². The number of halogens is 1. The third kappa shape index (κ3) is 2.58. The van der Waals surface area contributed by atoms with E-state index in [4.69, 9.17) is 0 Å². The van der Waals surface area contributed by atoms with Crippen LogP contribution in [0.3, 0.4) is 0 Å². The first-order valence-corrected chi connectivity index (χ1v) is 5.48. The fraction of sp³-hybridized carbons (Fsp3) is 0.500. The molecule has 0 bridgehead atoms. The normalized spacial score (nSPS) is 30.3. The number of benzene rings is 1. The molecule has 1 saturated heterocycles. The van der Waals surface area contributed by atoms with E-state index in [1.54, 1.807) is 12.1 Å². The Hall–Kier alpha value is -0.970. The second-order valence-corrected chi connectivity index (χ2v) is 4.31. The van der Waals surface area contributed by atoms with Crippen LogP contribution < -0.4 is 5.32 Å². The van der Waals surface area contributed by atoms with E-state index in [9.17, 15) is 14.6 Å². The molecule has 3 nitrogen and oxygen atoms in total. The van der Waals surface area contributed by atoms with E-state index in [1.165, 1.54) is 12.1 Å². The van der Waals surface area contributed by atoms with Gasteiger partial charge in [0.25, 0.3) is 0 Å². The molecule has 1 fully saturated rings. The van der Waals surface area contributed by atoms with Gasteiger partial charge in [-0.25, -0.2) is 4.39 Å². The van der Waals surface area contributed by atoms with E-state index in [0.29, 0.717) is 19.5 Å². The van der Waals surface area contributed by atoms with Crippen molar-refractivity contribution in [2.24, 2.45) is 5.92 Å². The molecule has 16 heavy (non-hydrogen) atoms. The highest BCUT2D eigenvalue weighted by Gasteiger charge is 2.30. The van der Waals surface area contributed by atoms with Gasteiger partial charge >= 0.3 is 0 Å². The minimum absolute atomic E-state index is 0.0192. The molecular weight excluding hydrogens is 209 g/mol. The predicted molar refractivity (Wildman–Crippen MR) is 58.5 cm³/mol. The van der Waals surface area contributed by atoms with Crippen LogP contribution in [0.2, 0.25) is 0 Å². The monoisotopic (exact) mass is 225 g/mol. The number of hydrogen-bond donors (Lipinski definition) is 3. The summed E-state index contributed by atoms with van der Waals surface area (Å²) in [5.74, 6) is -0.277. The Morgan fingerprint density at radius 2 is 1.88 bits per heavy atom. The van der Waals surface area contributed by atoms with Gasteiger partial charge in [0.2, 0.25) is 0 Å². The summed E-state index contributed by atoms with van der Waals surface area (Å²) in [5.41, 5.74) is 0.973. The summed E-state index contributed by atoms with van der Waals surface area (Å²) in [6, 6.07) is 6.24. The minimum Gasteiger partial charge on any atom is -0.390 e. The van der Waals surface area contributed by atoms with Crippen LogP contribution in [0.25, 0.3) is 0 Å². The topological polar surface area (TPSA) is 52.5 Å². The van der Waals surface area contributed by atoms with Gasteiger partial charge in [0, 0.05) is 19.0 Å². The molecule has 1 heterocycles. The summed E-state index contributed by atoms with van der Waals surface area (Å²) in [5, 5.41) is 22.3. The molecule has 0 amide bonds. The minimum atomic E-state index is -0.709. The summed E-state index contributed by atoms with van der Waals surface area (Å²) < 4.78 is 12.7. The molecule has 0 aliphatic carbocycles. The fourth-order valence-corrected chi connectivity index (χ4v) is 2.09. The molecule has 1 aliphatic rings. The molecule has 3 unspecified atom stereocenters. The van der Waals surface area contributed by atoms with E-state index in [1.807, 2.05) is 0 Å². The van der Waals surface area contributed by atoms with Crippen LogP contribution in [0.4, 0.5) is 4.39 Å². The maximum Gasteiger partial charge on any atom is 0.123 e. The predicted octanol–water partition coefficient (Wildman–Crippen LogP) is 0.309. The average Bonchev–Trinajstić information content (AvgIpc) is 2.28. The fourth-order valence-electron chi connectivity index (χ4n) is 2.09. The molecule has 1 aliphatic heterocycles. The van der Waals surface area contributed by atoms with Crippen LogP contribution >= 0.6 is 0 Å². The molecule has 1 aromatic carbocycles. The highest BCUT2D eigenvalue weighted by atomic mass is 19.1. The van der Waals surface area contributed by atoms with E-state index < -0.39 is 12.2 Å². The first kappa shape index (κ1) is 11.5. The van der Waals surface area contributed by atoms with Crippen LogP contribution in [-0.2, 0) is 6.42 Å². The Morgan fingerprint density at radius 1 is 1.19 bits per heavy atom. The van der Waals surface area contributed by atoms with Crippen molar-refractivity contribution in [3.63, 3.8) is 0 Å². The van der Waals surface area contributed by atoms with Gasteiger partial charge in [-0.05, 0) is 24.1 Å². The number of β-amino-alcohol motifs (C(OH)–C–C–N with tert-alkyl or cyclic N) is 1. The maximum absolute atomic E-state index is 12.7. The summed E-state index contributed by atoms with van der Waals surface area (Å²) >= 11 is 0. The van der Waals surface area contributed by atoms with Crippen molar-refractivity contribution in [1.82, 2.24) is 5.32 Å². The molecule has 1 aromatic rings. The second-order valence-electron chi connectivity index (χ2n) is 4.31. The number of rotatable bonds is 2. The summed E-state index contributed by atoms with van der Waals surface area (Å²) in [7, 11) is 0. The van der Waals surface area contributed by atoms with E-state index in [-0.39, 0.29) is 11.7 Å². The first-order chi connectivity index (χ1) is 7.66. The van der Waals surface area contributed by atoms with Crippen LogP contribution in [0.5, 0.6) is 0 Å². The Morgan fingerprint density at radius 3 is 2.56 bits per heavy atom. The largest absolute Gasteiger partial charge is 0.390 e. The molecule has 3 atom stereocenters. The van der Waals surface area contributed by atoms with Crippen molar-refractivity contribution in [3.8, 4) is 0 Å². The highest BCUT2D eigenvalue weighted by Crippen LogP contribution is 2.17. The van der Waals surface area contributed by atoms with Gasteiger partial charge in [-0.2, -0.15) is 0 Å². The van der Waals surface area contributed by atoms with Crippen molar-refractivity contribution >= 4 is 0 Å². The average molecular weight is 225 g/mol. The maximum atomic E-state index is 12.7. The van der Waals surface area contributed by atoms with E-state index in [2.05, 4.69) is 5.32 Å². The van der Waals surface area contributed by atoms with Gasteiger partial charge < -0.3 is 15.5 Å². The molecule has 0 radical (unpaired) electrons. The zero-order chi connectivity index (χ0) is 11.5. The van der Waals surface area contributed by atoms with Crippen molar-refractivity contribution in [1.29, 1.82) is 0 Å². The van der Waals surface area contributed by atoms with Gasteiger partial charge in [0.05, 0.1) is 12.2 Å². The molecule has 0 spiro atoms. The van der Waals surface area contributed by atoms with Crippen molar-refractivity contribution in [2.75, 3.05) is 13.1 Å². The molecule has 88 valence electrons. The van der Waals surface area contributed by atoms with Crippen molar-refractivity contribution < 1.29 is 14.6 Å². The zero-order valence-electron chi connectivity index (χ0n) is 8.94. The third-order valence-corrected chi connectivity index (χ3v) is 3.05. The van der Waals surface area contributed by atoms with E-state index >= 15 is 0 Å².